The fourth-order valence-electron chi connectivity index (χ4n) is 1.31. The standard InChI is InChI=1S/C13H17BrN2O2/c1-3-9(2)15-13(18)10-4-6-11(7-5-10)16-12(17)8-14/h4-7,9H,3,8H2,1-2H3,(H,15,18)(H,16,17). The van der Waals surface area contributed by atoms with Crippen LogP contribution in [0, 0.1) is 0 Å². The van der Waals surface area contributed by atoms with Crippen LogP contribution in [0.2, 0.25) is 0 Å². The summed E-state index contributed by atoms with van der Waals surface area (Å²) in [4.78, 5) is 22.9. The minimum absolute atomic E-state index is 0.0947. The number of anilines is 1. The van der Waals surface area contributed by atoms with Crippen LogP contribution in [0.3, 0.4) is 0 Å². The fourth-order valence-corrected chi connectivity index (χ4v) is 1.45. The van der Waals surface area contributed by atoms with Gasteiger partial charge in [-0.25, -0.2) is 0 Å². The summed E-state index contributed by atoms with van der Waals surface area (Å²) in [5.74, 6) is -0.213. The summed E-state index contributed by atoms with van der Waals surface area (Å²) < 4.78 is 0. The van der Waals surface area contributed by atoms with E-state index in [9.17, 15) is 9.59 Å². The highest BCUT2D eigenvalue weighted by atomic mass is 79.9. The van der Waals surface area contributed by atoms with E-state index in [2.05, 4.69) is 26.6 Å². The lowest BCUT2D eigenvalue weighted by Crippen LogP contribution is -2.31. The normalized spacial score (nSPS) is 11.7. The van der Waals surface area contributed by atoms with Crippen molar-refractivity contribution in [2.45, 2.75) is 26.3 Å². The van der Waals surface area contributed by atoms with Gasteiger partial charge in [0.15, 0.2) is 0 Å². The highest BCUT2D eigenvalue weighted by Gasteiger charge is 2.08. The van der Waals surface area contributed by atoms with E-state index in [4.69, 9.17) is 0 Å². The third-order valence-electron chi connectivity index (χ3n) is 2.54. The molecule has 1 unspecified atom stereocenters. The van der Waals surface area contributed by atoms with Crippen LogP contribution >= 0.6 is 15.9 Å². The number of nitrogens with one attached hydrogen (secondary N) is 2. The molecular weight excluding hydrogens is 296 g/mol. The molecule has 0 aliphatic rings. The monoisotopic (exact) mass is 312 g/mol. The van der Waals surface area contributed by atoms with E-state index in [0.29, 0.717) is 11.3 Å². The van der Waals surface area contributed by atoms with Crippen molar-refractivity contribution < 1.29 is 9.59 Å². The molecule has 0 heterocycles. The first-order valence-corrected chi connectivity index (χ1v) is 6.95. The number of carbonyl (C=O) groups excluding carboxylic acids is 2. The van der Waals surface area contributed by atoms with Crippen LogP contribution < -0.4 is 10.6 Å². The molecule has 0 saturated carbocycles. The molecule has 0 aliphatic heterocycles. The lowest BCUT2D eigenvalue weighted by Gasteiger charge is -2.11. The van der Waals surface area contributed by atoms with Gasteiger partial charge >= 0.3 is 0 Å². The van der Waals surface area contributed by atoms with Gasteiger partial charge in [-0.05, 0) is 37.6 Å². The molecular formula is C13H17BrN2O2. The highest BCUT2D eigenvalue weighted by Crippen LogP contribution is 2.10. The van der Waals surface area contributed by atoms with Crippen molar-refractivity contribution in [2.24, 2.45) is 0 Å². The minimum atomic E-state index is -0.119. The van der Waals surface area contributed by atoms with Crippen LogP contribution in [0.4, 0.5) is 5.69 Å². The number of benzene rings is 1. The van der Waals surface area contributed by atoms with E-state index in [-0.39, 0.29) is 23.2 Å². The second-order valence-electron chi connectivity index (χ2n) is 4.04. The maximum absolute atomic E-state index is 11.8. The molecule has 1 rings (SSSR count). The SMILES string of the molecule is CCC(C)NC(=O)c1ccc(NC(=O)CBr)cc1. The predicted molar refractivity (Wildman–Crippen MR) is 76.1 cm³/mol. The molecule has 0 radical (unpaired) electrons. The first-order chi connectivity index (χ1) is 8.56. The Morgan fingerprint density at radius 1 is 1.28 bits per heavy atom. The molecule has 0 saturated heterocycles. The number of rotatable bonds is 5. The quantitative estimate of drug-likeness (QED) is 0.821. The average Bonchev–Trinajstić information content (AvgIpc) is 2.39. The molecule has 98 valence electrons. The van der Waals surface area contributed by atoms with E-state index in [1.54, 1.807) is 24.3 Å². The highest BCUT2D eigenvalue weighted by molar-refractivity contribution is 9.09. The molecule has 4 nitrogen and oxygen atoms in total. The molecule has 18 heavy (non-hydrogen) atoms. The summed E-state index contributed by atoms with van der Waals surface area (Å²) in [5, 5.41) is 5.83. The van der Waals surface area contributed by atoms with Gasteiger partial charge in [-0.2, -0.15) is 0 Å². The van der Waals surface area contributed by atoms with Gasteiger partial charge in [-0.1, -0.05) is 22.9 Å². The second kappa shape index (κ2) is 7.16. The number of carbonyl (C=O) groups is 2. The number of hydrogen-bond acceptors (Lipinski definition) is 2. The smallest absolute Gasteiger partial charge is 0.251 e. The average molecular weight is 313 g/mol. The van der Waals surface area contributed by atoms with E-state index >= 15 is 0 Å². The van der Waals surface area contributed by atoms with Crippen molar-refractivity contribution in [1.82, 2.24) is 5.32 Å². The molecule has 0 aromatic heterocycles. The predicted octanol–water partition coefficient (Wildman–Crippen LogP) is 2.55. The van der Waals surface area contributed by atoms with Crippen LogP contribution in [-0.2, 0) is 4.79 Å². The Labute approximate surface area is 115 Å². The molecule has 1 aromatic rings. The van der Waals surface area contributed by atoms with E-state index < -0.39 is 0 Å². The fraction of sp³-hybridized carbons (Fsp3) is 0.385. The molecule has 2 N–H and O–H groups in total. The molecule has 2 amide bonds. The van der Waals surface area contributed by atoms with Crippen molar-refractivity contribution in [3.63, 3.8) is 0 Å². The summed E-state index contributed by atoms with van der Waals surface area (Å²) in [6.07, 6.45) is 0.894. The Kier molecular flexibility index (Phi) is 5.85. The summed E-state index contributed by atoms with van der Waals surface area (Å²) in [6.45, 7) is 3.98. The zero-order chi connectivity index (χ0) is 13.5. The summed E-state index contributed by atoms with van der Waals surface area (Å²) >= 11 is 3.07. The van der Waals surface area contributed by atoms with Gasteiger partial charge in [0, 0.05) is 17.3 Å². The van der Waals surface area contributed by atoms with E-state index in [1.807, 2.05) is 13.8 Å². The Hall–Kier alpha value is -1.36. The zero-order valence-electron chi connectivity index (χ0n) is 10.5. The summed E-state index contributed by atoms with van der Waals surface area (Å²) in [7, 11) is 0. The first-order valence-electron chi connectivity index (χ1n) is 5.83. The van der Waals surface area contributed by atoms with Crippen molar-refractivity contribution >= 4 is 33.4 Å². The van der Waals surface area contributed by atoms with Gasteiger partial charge in [0.2, 0.25) is 5.91 Å². The maximum atomic E-state index is 11.8. The number of hydrogen-bond donors (Lipinski definition) is 2. The second-order valence-corrected chi connectivity index (χ2v) is 4.60. The van der Waals surface area contributed by atoms with Crippen LogP contribution in [0.25, 0.3) is 0 Å². The minimum Gasteiger partial charge on any atom is -0.350 e. The Morgan fingerprint density at radius 3 is 2.39 bits per heavy atom. The van der Waals surface area contributed by atoms with Crippen molar-refractivity contribution in [1.29, 1.82) is 0 Å². The Balaban J connectivity index is 2.65. The third-order valence-corrected chi connectivity index (χ3v) is 3.05. The van der Waals surface area contributed by atoms with Gasteiger partial charge in [0.25, 0.3) is 5.91 Å². The number of alkyl halides is 1. The topological polar surface area (TPSA) is 58.2 Å². The maximum Gasteiger partial charge on any atom is 0.251 e. The van der Waals surface area contributed by atoms with Crippen LogP contribution in [0.5, 0.6) is 0 Å². The largest absolute Gasteiger partial charge is 0.350 e. The van der Waals surface area contributed by atoms with Gasteiger partial charge in [-0.15, -0.1) is 0 Å². The summed E-state index contributed by atoms with van der Waals surface area (Å²) in [6, 6.07) is 6.98. The third kappa shape index (κ3) is 4.49. The van der Waals surface area contributed by atoms with Crippen molar-refractivity contribution in [3.8, 4) is 0 Å². The van der Waals surface area contributed by atoms with Gasteiger partial charge < -0.3 is 10.6 Å². The van der Waals surface area contributed by atoms with Crippen LogP contribution in [-0.4, -0.2) is 23.2 Å². The lowest BCUT2D eigenvalue weighted by atomic mass is 10.1. The van der Waals surface area contributed by atoms with E-state index in [0.717, 1.165) is 6.42 Å². The molecule has 0 fully saturated rings. The lowest BCUT2D eigenvalue weighted by molar-refractivity contribution is -0.113. The number of amides is 2. The zero-order valence-corrected chi connectivity index (χ0v) is 12.1. The van der Waals surface area contributed by atoms with Crippen LogP contribution in [0.15, 0.2) is 24.3 Å². The molecule has 1 atom stereocenters. The number of halogens is 1. The van der Waals surface area contributed by atoms with E-state index in [1.165, 1.54) is 0 Å². The molecule has 5 heteroatoms. The Bertz CT molecular complexity index is 418. The Morgan fingerprint density at radius 2 is 1.89 bits per heavy atom. The van der Waals surface area contributed by atoms with Crippen molar-refractivity contribution in [3.05, 3.63) is 29.8 Å². The molecule has 0 aliphatic carbocycles. The first kappa shape index (κ1) is 14.7. The van der Waals surface area contributed by atoms with Gasteiger partial charge in [-0.3, -0.25) is 9.59 Å². The summed E-state index contributed by atoms with van der Waals surface area (Å²) in [5.41, 5.74) is 1.27. The molecule has 0 bridgehead atoms. The molecule has 0 spiro atoms. The van der Waals surface area contributed by atoms with Gasteiger partial charge in [0.05, 0.1) is 5.33 Å². The van der Waals surface area contributed by atoms with Gasteiger partial charge in [0.1, 0.15) is 0 Å². The molecule has 1 aromatic carbocycles. The van der Waals surface area contributed by atoms with Crippen LogP contribution in [0.1, 0.15) is 30.6 Å². The van der Waals surface area contributed by atoms with Crippen molar-refractivity contribution in [2.75, 3.05) is 10.6 Å².